The highest BCUT2D eigenvalue weighted by Gasteiger charge is 2.33. The molecule has 29 heavy (non-hydrogen) atoms. The van der Waals surface area contributed by atoms with E-state index in [4.69, 9.17) is 16.3 Å². The lowest BCUT2D eigenvalue weighted by molar-refractivity contribution is -0.137. The van der Waals surface area contributed by atoms with Gasteiger partial charge in [0.05, 0.1) is 23.2 Å². The third-order valence-corrected chi connectivity index (χ3v) is 4.34. The molecule has 0 spiro atoms. The Morgan fingerprint density at radius 3 is 2.45 bits per heavy atom. The van der Waals surface area contributed by atoms with Crippen molar-refractivity contribution in [2.24, 2.45) is 0 Å². The number of alkyl halides is 3. The SMILES string of the molecule is CCOc1ccc(C)cc1C(C)NC(=O)C(=O)Nc1ccc(Cl)c(C(F)(F)F)c1. The van der Waals surface area contributed by atoms with E-state index in [0.717, 1.165) is 11.6 Å². The van der Waals surface area contributed by atoms with Gasteiger partial charge in [-0.15, -0.1) is 0 Å². The van der Waals surface area contributed by atoms with Crippen LogP contribution in [0.25, 0.3) is 0 Å². The number of amides is 2. The molecule has 0 radical (unpaired) electrons. The zero-order chi connectivity index (χ0) is 21.8. The number of anilines is 1. The molecule has 0 saturated carbocycles. The van der Waals surface area contributed by atoms with E-state index < -0.39 is 34.6 Å². The summed E-state index contributed by atoms with van der Waals surface area (Å²) in [6, 6.07) is 7.73. The summed E-state index contributed by atoms with van der Waals surface area (Å²) in [5.74, 6) is -1.53. The Bertz CT molecular complexity index is 916. The van der Waals surface area contributed by atoms with E-state index in [9.17, 15) is 22.8 Å². The van der Waals surface area contributed by atoms with Crippen LogP contribution in [0, 0.1) is 6.92 Å². The summed E-state index contributed by atoms with van der Waals surface area (Å²) in [7, 11) is 0. The molecule has 9 heteroatoms. The summed E-state index contributed by atoms with van der Waals surface area (Å²) >= 11 is 5.55. The molecule has 0 saturated heterocycles. The highest BCUT2D eigenvalue weighted by Crippen LogP contribution is 2.36. The van der Waals surface area contributed by atoms with Crippen molar-refractivity contribution in [2.45, 2.75) is 33.0 Å². The first-order valence-corrected chi connectivity index (χ1v) is 9.12. The minimum absolute atomic E-state index is 0.194. The Kier molecular flexibility index (Phi) is 7.13. The molecule has 1 unspecified atom stereocenters. The predicted molar refractivity (Wildman–Crippen MR) is 104 cm³/mol. The number of hydrogen-bond acceptors (Lipinski definition) is 3. The highest BCUT2D eigenvalue weighted by atomic mass is 35.5. The molecule has 5 nitrogen and oxygen atoms in total. The second kappa shape index (κ2) is 9.17. The van der Waals surface area contributed by atoms with Gasteiger partial charge in [-0.3, -0.25) is 9.59 Å². The molecule has 0 fully saturated rings. The molecule has 2 aromatic carbocycles. The van der Waals surface area contributed by atoms with Crippen LogP contribution in [0.5, 0.6) is 5.75 Å². The van der Waals surface area contributed by atoms with Crippen LogP contribution in [-0.2, 0) is 15.8 Å². The molecule has 156 valence electrons. The number of nitrogens with one attached hydrogen (secondary N) is 2. The standard InChI is InChI=1S/C20H20ClF3N2O3/c1-4-29-17-8-5-11(2)9-14(17)12(3)25-18(27)19(28)26-13-6-7-16(21)15(10-13)20(22,23)24/h5-10,12H,4H2,1-3H3,(H,25,27)(H,26,28). The first kappa shape index (κ1) is 22.5. The van der Waals surface area contributed by atoms with E-state index >= 15 is 0 Å². The minimum Gasteiger partial charge on any atom is -0.494 e. The van der Waals surface area contributed by atoms with E-state index in [1.54, 1.807) is 13.0 Å². The Labute approximate surface area is 171 Å². The normalized spacial score (nSPS) is 12.2. The van der Waals surface area contributed by atoms with E-state index in [2.05, 4.69) is 10.6 Å². The van der Waals surface area contributed by atoms with Crippen LogP contribution in [0.15, 0.2) is 36.4 Å². The number of rotatable bonds is 5. The zero-order valence-electron chi connectivity index (χ0n) is 16.0. The summed E-state index contributed by atoms with van der Waals surface area (Å²) in [6.07, 6.45) is -4.69. The second-order valence-electron chi connectivity index (χ2n) is 6.32. The maximum atomic E-state index is 12.9. The molecule has 0 heterocycles. The fourth-order valence-corrected chi connectivity index (χ4v) is 2.87. The maximum absolute atomic E-state index is 12.9. The molecule has 0 aliphatic rings. The molecule has 2 rings (SSSR count). The quantitative estimate of drug-likeness (QED) is 0.667. The third kappa shape index (κ3) is 5.87. The smallest absolute Gasteiger partial charge is 0.417 e. The van der Waals surface area contributed by atoms with Gasteiger partial charge in [-0.1, -0.05) is 29.3 Å². The first-order chi connectivity index (χ1) is 13.5. The van der Waals surface area contributed by atoms with Gasteiger partial charge in [0.15, 0.2) is 0 Å². The van der Waals surface area contributed by atoms with Gasteiger partial charge in [0, 0.05) is 11.3 Å². The number of carbonyl (C=O) groups is 2. The van der Waals surface area contributed by atoms with Gasteiger partial charge in [-0.2, -0.15) is 13.2 Å². The van der Waals surface area contributed by atoms with Crippen LogP contribution in [-0.4, -0.2) is 18.4 Å². The Balaban J connectivity index is 2.12. The topological polar surface area (TPSA) is 67.4 Å². The summed E-state index contributed by atoms with van der Waals surface area (Å²) in [4.78, 5) is 24.4. The Hall–Kier alpha value is -2.74. The van der Waals surface area contributed by atoms with Gasteiger partial charge in [-0.25, -0.2) is 0 Å². The van der Waals surface area contributed by atoms with Crippen LogP contribution >= 0.6 is 11.6 Å². The lowest BCUT2D eigenvalue weighted by Crippen LogP contribution is -2.37. The lowest BCUT2D eigenvalue weighted by atomic mass is 10.0. The Morgan fingerprint density at radius 1 is 1.14 bits per heavy atom. The molecule has 1 atom stereocenters. The third-order valence-electron chi connectivity index (χ3n) is 4.02. The summed E-state index contributed by atoms with van der Waals surface area (Å²) in [5, 5.41) is 4.16. The van der Waals surface area contributed by atoms with Gasteiger partial charge in [0.1, 0.15) is 5.75 Å². The minimum atomic E-state index is -4.69. The Morgan fingerprint density at radius 2 is 1.83 bits per heavy atom. The van der Waals surface area contributed by atoms with Crippen LogP contribution < -0.4 is 15.4 Å². The zero-order valence-corrected chi connectivity index (χ0v) is 16.7. The largest absolute Gasteiger partial charge is 0.494 e. The van der Waals surface area contributed by atoms with Crippen LogP contribution in [0.3, 0.4) is 0 Å². The molecule has 0 aliphatic carbocycles. The molecule has 2 amide bonds. The molecular formula is C20H20ClF3N2O3. The fourth-order valence-electron chi connectivity index (χ4n) is 2.64. The number of halogens is 4. The number of aryl methyl sites for hydroxylation is 1. The average Bonchev–Trinajstić information content (AvgIpc) is 2.63. The van der Waals surface area contributed by atoms with E-state index in [-0.39, 0.29) is 5.69 Å². The molecule has 0 aliphatic heterocycles. The van der Waals surface area contributed by atoms with E-state index in [1.165, 1.54) is 6.07 Å². The number of ether oxygens (including phenoxy) is 1. The number of hydrogen-bond donors (Lipinski definition) is 2. The van der Waals surface area contributed by atoms with E-state index in [1.807, 2.05) is 26.0 Å². The summed E-state index contributed by atoms with van der Waals surface area (Å²) < 4.78 is 44.3. The van der Waals surface area contributed by atoms with Crippen molar-refractivity contribution >= 4 is 29.1 Å². The average molecular weight is 429 g/mol. The van der Waals surface area contributed by atoms with Crippen molar-refractivity contribution in [3.8, 4) is 5.75 Å². The maximum Gasteiger partial charge on any atom is 0.417 e. The molecular weight excluding hydrogens is 409 g/mol. The van der Waals surface area contributed by atoms with Crippen molar-refractivity contribution in [2.75, 3.05) is 11.9 Å². The highest BCUT2D eigenvalue weighted by molar-refractivity contribution is 6.39. The second-order valence-corrected chi connectivity index (χ2v) is 6.72. The molecule has 0 bridgehead atoms. The van der Waals surface area contributed by atoms with Crippen molar-refractivity contribution in [1.82, 2.24) is 5.32 Å². The van der Waals surface area contributed by atoms with Crippen molar-refractivity contribution in [1.29, 1.82) is 0 Å². The molecule has 2 N–H and O–H groups in total. The van der Waals surface area contributed by atoms with Gasteiger partial charge in [0.2, 0.25) is 0 Å². The van der Waals surface area contributed by atoms with Gasteiger partial charge < -0.3 is 15.4 Å². The van der Waals surface area contributed by atoms with Crippen molar-refractivity contribution in [3.63, 3.8) is 0 Å². The van der Waals surface area contributed by atoms with Crippen molar-refractivity contribution < 1.29 is 27.5 Å². The summed E-state index contributed by atoms with van der Waals surface area (Å²) in [6.45, 7) is 5.79. The first-order valence-electron chi connectivity index (χ1n) is 8.74. The fraction of sp³-hybridized carbons (Fsp3) is 0.300. The monoisotopic (exact) mass is 428 g/mol. The molecule has 2 aromatic rings. The number of benzene rings is 2. The van der Waals surface area contributed by atoms with Crippen LogP contribution in [0.2, 0.25) is 5.02 Å². The van der Waals surface area contributed by atoms with Gasteiger partial charge in [-0.05, 0) is 45.0 Å². The van der Waals surface area contributed by atoms with Crippen molar-refractivity contribution in [3.05, 3.63) is 58.1 Å². The molecule has 0 aromatic heterocycles. The van der Waals surface area contributed by atoms with Gasteiger partial charge >= 0.3 is 18.0 Å². The predicted octanol–water partition coefficient (Wildman–Crippen LogP) is 4.88. The van der Waals surface area contributed by atoms with Crippen LogP contribution in [0.4, 0.5) is 18.9 Å². The lowest BCUT2D eigenvalue weighted by Gasteiger charge is -2.18. The van der Waals surface area contributed by atoms with E-state index in [0.29, 0.717) is 24.0 Å². The summed E-state index contributed by atoms with van der Waals surface area (Å²) in [5.41, 5.74) is 0.320. The number of carbonyl (C=O) groups excluding carboxylic acids is 2. The van der Waals surface area contributed by atoms with Crippen LogP contribution in [0.1, 0.15) is 36.6 Å². The van der Waals surface area contributed by atoms with Gasteiger partial charge in [0.25, 0.3) is 0 Å².